The standard InChI is InChI=1S/C23H24BrN3O3/c1-13-10-17(18(28)11-14(13)2)20-19-21(26-25-20)23(29)27(8-5-9-30-3)22(19)15-6-4-7-16(24)12-15/h4,6-7,10-12,22,28H,5,8-9H2,1-3H3,(H,25,26). The molecule has 2 N–H and O–H groups in total. The second kappa shape index (κ2) is 8.24. The molecular formula is C23H24BrN3O3. The number of fused-ring (bicyclic) bond motifs is 1. The topological polar surface area (TPSA) is 78.5 Å². The summed E-state index contributed by atoms with van der Waals surface area (Å²) >= 11 is 3.54. The third kappa shape index (κ3) is 3.52. The molecule has 1 atom stereocenters. The Morgan fingerprint density at radius 1 is 1.23 bits per heavy atom. The molecule has 3 aromatic rings. The van der Waals surface area contributed by atoms with Gasteiger partial charge < -0.3 is 14.7 Å². The van der Waals surface area contributed by atoms with Gasteiger partial charge in [-0.3, -0.25) is 9.89 Å². The van der Waals surface area contributed by atoms with E-state index >= 15 is 0 Å². The lowest BCUT2D eigenvalue weighted by atomic mass is 9.94. The van der Waals surface area contributed by atoms with E-state index in [4.69, 9.17) is 4.74 Å². The van der Waals surface area contributed by atoms with Crippen LogP contribution in [0.15, 0.2) is 40.9 Å². The Kier molecular flexibility index (Phi) is 5.66. The van der Waals surface area contributed by atoms with Crippen LogP contribution in [-0.4, -0.2) is 46.4 Å². The van der Waals surface area contributed by atoms with Gasteiger partial charge in [-0.25, -0.2) is 0 Å². The summed E-state index contributed by atoms with van der Waals surface area (Å²) in [5.41, 5.74) is 5.56. The van der Waals surface area contributed by atoms with Crippen LogP contribution < -0.4 is 0 Å². The number of benzene rings is 2. The second-order valence-electron chi connectivity index (χ2n) is 7.62. The molecule has 1 unspecified atom stereocenters. The van der Waals surface area contributed by atoms with Crippen molar-refractivity contribution >= 4 is 21.8 Å². The fourth-order valence-corrected chi connectivity index (χ4v) is 4.44. The third-order valence-corrected chi connectivity index (χ3v) is 6.14. The minimum atomic E-state index is -0.295. The van der Waals surface area contributed by atoms with Gasteiger partial charge in [-0.1, -0.05) is 28.1 Å². The normalized spacial score (nSPS) is 15.7. The fourth-order valence-electron chi connectivity index (χ4n) is 4.03. The number of H-pyrrole nitrogens is 1. The number of rotatable bonds is 6. The molecule has 7 heteroatoms. The fraction of sp³-hybridized carbons (Fsp3) is 0.304. The Balaban J connectivity index is 1.87. The maximum Gasteiger partial charge on any atom is 0.273 e. The Hall–Kier alpha value is -2.64. The van der Waals surface area contributed by atoms with Crippen LogP contribution in [0.25, 0.3) is 11.3 Å². The number of ether oxygens (including phenoxy) is 1. The SMILES string of the molecule is COCCCN1C(=O)c2[nH]nc(-c3cc(C)c(C)cc3O)c2C1c1cccc(Br)c1. The molecule has 1 aliphatic heterocycles. The molecule has 0 radical (unpaired) electrons. The molecule has 6 nitrogen and oxygen atoms in total. The predicted octanol–water partition coefficient (Wildman–Crippen LogP) is 4.74. The Morgan fingerprint density at radius 2 is 2.00 bits per heavy atom. The molecule has 2 aromatic carbocycles. The highest BCUT2D eigenvalue weighted by molar-refractivity contribution is 9.10. The van der Waals surface area contributed by atoms with Crippen LogP contribution in [0.2, 0.25) is 0 Å². The van der Waals surface area contributed by atoms with Gasteiger partial charge in [0, 0.05) is 35.9 Å². The number of carbonyl (C=O) groups is 1. The lowest BCUT2D eigenvalue weighted by molar-refractivity contribution is 0.0723. The zero-order valence-electron chi connectivity index (χ0n) is 17.2. The first-order valence-electron chi connectivity index (χ1n) is 9.86. The summed E-state index contributed by atoms with van der Waals surface area (Å²) in [7, 11) is 1.66. The largest absolute Gasteiger partial charge is 0.507 e. The summed E-state index contributed by atoms with van der Waals surface area (Å²) in [5, 5.41) is 18.0. The molecule has 1 aliphatic rings. The van der Waals surface area contributed by atoms with Crippen LogP contribution in [0.5, 0.6) is 5.75 Å². The van der Waals surface area contributed by atoms with Crippen molar-refractivity contribution in [2.45, 2.75) is 26.3 Å². The van der Waals surface area contributed by atoms with Gasteiger partial charge in [0.1, 0.15) is 17.1 Å². The van der Waals surface area contributed by atoms with E-state index in [1.807, 2.05) is 49.1 Å². The number of phenolic OH excluding ortho intramolecular Hbond substituents is 1. The van der Waals surface area contributed by atoms with Gasteiger partial charge in [-0.2, -0.15) is 5.10 Å². The van der Waals surface area contributed by atoms with E-state index in [1.165, 1.54) is 0 Å². The van der Waals surface area contributed by atoms with Gasteiger partial charge >= 0.3 is 0 Å². The Bertz CT molecular complexity index is 1110. The van der Waals surface area contributed by atoms with Crippen molar-refractivity contribution in [3.63, 3.8) is 0 Å². The van der Waals surface area contributed by atoms with E-state index in [0.717, 1.165) is 33.1 Å². The van der Waals surface area contributed by atoms with Crippen molar-refractivity contribution in [3.8, 4) is 17.0 Å². The highest BCUT2D eigenvalue weighted by Crippen LogP contribution is 2.45. The average Bonchev–Trinajstić information content (AvgIpc) is 3.24. The summed E-state index contributed by atoms with van der Waals surface area (Å²) in [4.78, 5) is 15.1. The monoisotopic (exact) mass is 469 g/mol. The van der Waals surface area contributed by atoms with E-state index < -0.39 is 0 Å². The predicted molar refractivity (Wildman–Crippen MR) is 119 cm³/mol. The minimum absolute atomic E-state index is 0.0897. The van der Waals surface area contributed by atoms with Crippen LogP contribution in [0, 0.1) is 13.8 Å². The summed E-state index contributed by atoms with van der Waals surface area (Å²) < 4.78 is 6.13. The van der Waals surface area contributed by atoms with Gasteiger partial charge in [-0.15, -0.1) is 0 Å². The molecule has 0 spiro atoms. The third-order valence-electron chi connectivity index (χ3n) is 5.64. The van der Waals surface area contributed by atoms with Crippen LogP contribution >= 0.6 is 15.9 Å². The number of hydrogen-bond acceptors (Lipinski definition) is 4. The average molecular weight is 470 g/mol. The van der Waals surface area contributed by atoms with E-state index in [1.54, 1.807) is 13.2 Å². The van der Waals surface area contributed by atoms with Crippen LogP contribution in [0.4, 0.5) is 0 Å². The van der Waals surface area contributed by atoms with Gasteiger partial charge in [0.15, 0.2) is 0 Å². The Morgan fingerprint density at radius 3 is 2.73 bits per heavy atom. The number of methoxy groups -OCH3 is 1. The number of nitrogens with one attached hydrogen (secondary N) is 1. The number of aromatic amines is 1. The van der Waals surface area contributed by atoms with Crippen molar-refractivity contribution in [2.24, 2.45) is 0 Å². The molecule has 30 heavy (non-hydrogen) atoms. The lowest BCUT2D eigenvalue weighted by Gasteiger charge is -2.26. The first kappa shape index (κ1) is 20.6. The van der Waals surface area contributed by atoms with Crippen LogP contribution in [-0.2, 0) is 4.74 Å². The molecular weight excluding hydrogens is 446 g/mol. The molecule has 0 bridgehead atoms. The number of amides is 1. The number of aromatic hydroxyl groups is 1. The zero-order chi connectivity index (χ0) is 21.4. The molecule has 1 aromatic heterocycles. The highest BCUT2D eigenvalue weighted by Gasteiger charge is 2.42. The van der Waals surface area contributed by atoms with Crippen molar-refractivity contribution in [1.82, 2.24) is 15.1 Å². The minimum Gasteiger partial charge on any atom is -0.507 e. The summed E-state index contributed by atoms with van der Waals surface area (Å²) in [6.07, 6.45) is 0.731. The van der Waals surface area contributed by atoms with E-state index in [-0.39, 0.29) is 17.7 Å². The molecule has 4 rings (SSSR count). The summed E-state index contributed by atoms with van der Waals surface area (Å²) in [6.45, 7) is 5.09. The van der Waals surface area contributed by atoms with E-state index in [2.05, 4.69) is 26.1 Å². The molecule has 2 heterocycles. The molecule has 156 valence electrons. The maximum atomic E-state index is 13.2. The van der Waals surface area contributed by atoms with E-state index in [0.29, 0.717) is 30.1 Å². The van der Waals surface area contributed by atoms with Crippen molar-refractivity contribution < 1.29 is 14.6 Å². The van der Waals surface area contributed by atoms with Gasteiger partial charge in [0.2, 0.25) is 0 Å². The lowest BCUT2D eigenvalue weighted by Crippen LogP contribution is -2.31. The number of hydrogen-bond donors (Lipinski definition) is 2. The van der Waals surface area contributed by atoms with Crippen molar-refractivity contribution in [2.75, 3.05) is 20.3 Å². The Labute approximate surface area is 184 Å². The van der Waals surface area contributed by atoms with Crippen molar-refractivity contribution in [1.29, 1.82) is 0 Å². The number of halogens is 1. The number of nitrogens with zero attached hydrogens (tertiary/aromatic N) is 2. The number of phenols is 1. The number of carbonyl (C=O) groups excluding carboxylic acids is 1. The number of aryl methyl sites for hydroxylation is 2. The molecule has 1 amide bonds. The van der Waals surface area contributed by atoms with Crippen LogP contribution in [0.1, 0.15) is 45.2 Å². The number of aromatic nitrogens is 2. The van der Waals surface area contributed by atoms with E-state index in [9.17, 15) is 9.90 Å². The molecule has 0 aliphatic carbocycles. The summed E-state index contributed by atoms with van der Waals surface area (Å²) in [5.74, 6) is 0.0684. The maximum absolute atomic E-state index is 13.2. The van der Waals surface area contributed by atoms with Gasteiger partial charge in [0.25, 0.3) is 5.91 Å². The van der Waals surface area contributed by atoms with Gasteiger partial charge in [-0.05, 0) is 61.2 Å². The van der Waals surface area contributed by atoms with Gasteiger partial charge in [0.05, 0.1) is 6.04 Å². The second-order valence-corrected chi connectivity index (χ2v) is 8.53. The zero-order valence-corrected chi connectivity index (χ0v) is 18.8. The smallest absolute Gasteiger partial charge is 0.273 e. The highest BCUT2D eigenvalue weighted by atomic mass is 79.9. The first-order chi connectivity index (χ1) is 14.4. The first-order valence-corrected chi connectivity index (χ1v) is 10.7. The van der Waals surface area contributed by atoms with Crippen LogP contribution in [0.3, 0.4) is 0 Å². The quantitative estimate of drug-likeness (QED) is 0.510. The summed E-state index contributed by atoms with van der Waals surface area (Å²) in [6, 6.07) is 11.3. The molecule has 0 fully saturated rings. The van der Waals surface area contributed by atoms with Crippen molar-refractivity contribution in [3.05, 3.63) is 68.8 Å². The molecule has 0 saturated carbocycles. The molecule has 0 saturated heterocycles.